The van der Waals surface area contributed by atoms with Crippen molar-refractivity contribution in [3.63, 3.8) is 0 Å². The van der Waals surface area contributed by atoms with E-state index < -0.39 is 0 Å². The molecule has 0 bridgehead atoms. The van der Waals surface area contributed by atoms with Crippen LogP contribution in [0.5, 0.6) is 0 Å². The first kappa shape index (κ1) is 45.9. The summed E-state index contributed by atoms with van der Waals surface area (Å²) >= 11 is 0. The molecule has 0 saturated heterocycles. The fraction of sp³-hybridized carbons (Fsp3) is 0.155. The molecule has 0 saturated carbocycles. The molecule has 0 aromatic heterocycles. The zero-order chi connectivity index (χ0) is 49.1. The maximum Gasteiger partial charge on any atom is 0.0468 e. The van der Waals surface area contributed by atoms with Crippen molar-refractivity contribution in [2.75, 3.05) is 9.80 Å². The lowest BCUT2D eigenvalue weighted by Crippen LogP contribution is -2.26. The molecular weight excluding hydrogens is 881 g/mol. The summed E-state index contributed by atoms with van der Waals surface area (Å²) in [6, 6.07) is 90.7. The Bertz CT molecular complexity index is 3730. The van der Waals surface area contributed by atoms with E-state index >= 15 is 0 Å². The van der Waals surface area contributed by atoms with E-state index in [1.807, 2.05) is 0 Å². The summed E-state index contributed by atoms with van der Waals surface area (Å²) in [5.74, 6) is 0. The highest BCUT2D eigenvalue weighted by Crippen LogP contribution is 2.57. The molecule has 0 amide bonds. The molecule has 12 rings (SSSR count). The Balaban J connectivity index is 1.03. The molecule has 0 heterocycles. The van der Waals surface area contributed by atoms with E-state index in [4.69, 9.17) is 0 Å². The fourth-order valence-electron chi connectivity index (χ4n) is 11.9. The number of fused-ring (bicyclic) bond motifs is 6. The van der Waals surface area contributed by atoms with Gasteiger partial charge >= 0.3 is 0 Å². The van der Waals surface area contributed by atoms with Crippen molar-refractivity contribution in [1.82, 2.24) is 0 Å². The first-order valence-electron chi connectivity index (χ1n) is 26.7. The molecule has 11 aromatic carbocycles. The van der Waals surface area contributed by atoms with Gasteiger partial charge in [0.15, 0.2) is 0 Å². The van der Waals surface area contributed by atoms with Crippen LogP contribution in [0.25, 0.3) is 65.7 Å². The van der Waals surface area contributed by atoms with Crippen LogP contribution in [0, 0.1) is 0 Å². The van der Waals surface area contributed by atoms with Gasteiger partial charge in [-0.3, -0.25) is 0 Å². The van der Waals surface area contributed by atoms with E-state index in [1.165, 1.54) is 121 Å². The van der Waals surface area contributed by atoms with E-state index in [1.54, 1.807) is 0 Å². The number of rotatable bonds is 16. The molecule has 0 fully saturated rings. The lowest BCUT2D eigenvalue weighted by molar-refractivity contribution is 0.405. The second kappa shape index (κ2) is 20.1. The summed E-state index contributed by atoms with van der Waals surface area (Å²) in [5.41, 5.74) is 17.4. The average Bonchev–Trinajstić information content (AvgIpc) is 3.70. The van der Waals surface area contributed by atoms with Crippen LogP contribution >= 0.6 is 0 Å². The van der Waals surface area contributed by atoms with E-state index in [9.17, 15) is 0 Å². The maximum atomic E-state index is 2.61. The third kappa shape index (κ3) is 8.86. The molecule has 2 heteroatoms. The van der Waals surface area contributed by atoms with Gasteiger partial charge in [-0.2, -0.15) is 0 Å². The number of benzene rings is 11. The van der Waals surface area contributed by atoms with Crippen molar-refractivity contribution in [2.45, 2.75) is 70.6 Å². The van der Waals surface area contributed by atoms with Gasteiger partial charge in [-0.25, -0.2) is 0 Å². The zero-order valence-corrected chi connectivity index (χ0v) is 42.1. The van der Waals surface area contributed by atoms with Crippen molar-refractivity contribution in [3.05, 3.63) is 254 Å². The van der Waals surface area contributed by atoms with E-state index in [2.05, 4.69) is 266 Å². The summed E-state index contributed by atoms with van der Waals surface area (Å²) < 4.78 is 0. The molecular formula is C71H62N2. The Morgan fingerprint density at radius 1 is 0.274 bits per heavy atom. The first-order valence-corrected chi connectivity index (χ1v) is 26.7. The van der Waals surface area contributed by atoms with Gasteiger partial charge < -0.3 is 9.80 Å². The van der Waals surface area contributed by atoms with Crippen LogP contribution in [-0.2, 0) is 5.41 Å². The fourth-order valence-corrected chi connectivity index (χ4v) is 11.9. The van der Waals surface area contributed by atoms with Crippen molar-refractivity contribution < 1.29 is 0 Å². The van der Waals surface area contributed by atoms with Crippen LogP contribution in [0.4, 0.5) is 34.1 Å². The van der Waals surface area contributed by atoms with Crippen LogP contribution in [0.15, 0.2) is 243 Å². The number of nitrogens with zero attached hydrogens (tertiary/aromatic N) is 2. The van der Waals surface area contributed by atoms with Gasteiger partial charge in [0, 0.05) is 39.5 Å². The van der Waals surface area contributed by atoms with Gasteiger partial charge in [0.05, 0.1) is 0 Å². The summed E-state index contributed by atoms with van der Waals surface area (Å²) in [4.78, 5) is 4.96. The highest BCUT2D eigenvalue weighted by Gasteiger charge is 2.43. The Morgan fingerprint density at radius 2 is 0.671 bits per heavy atom. The zero-order valence-electron chi connectivity index (χ0n) is 42.1. The van der Waals surface area contributed by atoms with Crippen molar-refractivity contribution >= 4 is 66.4 Å². The number of hydrogen-bond acceptors (Lipinski definition) is 2. The van der Waals surface area contributed by atoms with E-state index in [0.717, 1.165) is 41.3 Å². The van der Waals surface area contributed by atoms with Crippen LogP contribution < -0.4 is 9.80 Å². The minimum Gasteiger partial charge on any atom is -0.310 e. The standard InChI is InChI=1S/C71H62N2/c1-3-5-17-41-71(42-18-6-4-2)69-49-60-47-65(72(63-36-33-53-25-13-15-27-55(53)45-63)61-31-19-29-57(43-61)51-21-9-7-10-22-51)38-35-59(60)48-68(69)67-40-39-66(50-70(67)71)73(64-37-34-54-26-14-16-28-56(54)46-64)62-32-20-30-58(44-62)52-23-11-8-12-24-52/h7-16,19-40,43-50H,3-6,17-18,41-42H2,1-2H3. The van der Waals surface area contributed by atoms with Crippen LogP contribution in [-0.4, -0.2) is 0 Å². The predicted molar refractivity (Wildman–Crippen MR) is 314 cm³/mol. The number of unbranched alkanes of at least 4 members (excludes halogenated alkanes) is 4. The van der Waals surface area contributed by atoms with Gasteiger partial charge in [-0.1, -0.05) is 210 Å². The molecule has 1 aliphatic carbocycles. The number of hydrogen-bond donors (Lipinski definition) is 0. The molecule has 0 atom stereocenters. The second-order valence-corrected chi connectivity index (χ2v) is 20.2. The summed E-state index contributed by atoms with van der Waals surface area (Å²) in [7, 11) is 0. The predicted octanol–water partition coefficient (Wildman–Crippen LogP) is 20.8. The molecule has 0 spiro atoms. The van der Waals surface area contributed by atoms with Crippen molar-refractivity contribution in [1.29, 1.82) is 0 Å². The SMILES string of the molecule is CCCCCC1(CCCCC)c2cc(N(c3cccc(-c4ccccc4)c3)c3ccc4ccccc4c3)ccc2-c2cc3ccc(N(c4cccc(-c5ccccc5)c4)c4ccc5ccccc5c4)cc3cc21. The Hall–Kier alpha value is -8.20. The Kier molecular flexibility index (Phi) is 12.7. The molecule has 0 unspecified atom stereocenters. The molecule has 0 radical (unpaired) electrons. The van der Waals surface area contributed by atoms with Gasteiger partial charge in [-0.05, 0) is 175 Å². The van der Waals surface area contributed by atoms with Crippen LogP contribution in [0.3, 0.4) is 0 Å². The van der Waals surface area contributed by atoms with E-state index in [-0.39, 0.29) is 5.41 Å². The quantitative estimate of drug-likeness (QED) is 0.0891. The van der Waals surface area contributed by atoms with Gasteiger partial charge in [0.2, 0.25) is 0 Å². The smallest absolute Gasteiger partial charge is 0.0468 e. The molecule has 11 aromatic rings. The molecule has 0 N–H and O–H groups in total. The maximum absolute atomic E-state index is 2.61. The van der Waals surface area contributed by atoms with Crippen molar-refractivity contribution in [3.8, 4) is 33.4 Å². The molecule has 2 nitrogen and oxygen atoms in total. The minimum absolute atomic E-state index is 0.141. The second-order valence-electron chi connectivity index (χ2n) is 20.2. The van der Waals surface area contributed by atoms with E-state index in [0.29, 0.717) is 0 Å². The van der Waals surface area contributed by atoms with Gasteiger partial charge in [0.25, 0.3) is 0 Å². The Morgan fingerprint density at radius 3 is 1.19 bits per heavy atom. The van der Waals surface area contributed by atoms with Gasteiger partial charge in [0.1, 0.15) is 0 Å². The summed E-state index contributed by atoms with van der Waals surface area (Å²) in [6.45, 7) is 4.69. The Labute approximate surface area is 431 Å². The highest BCUT2D eigenvalue weighted by molar-refractivity contribution is 5.99. The molecule has 73 heavy (non-hydrogen) atoms. The number of anilines is 6. The molecule has 0 aliphatic heterocycles. The lowest BCUT2D eigenvalue weighted by Gasteiger charge is -2.34. The normalized spacial score (nSPS) is 12.5. The highest BCUT2D eigenvalue weighted by atomic mass is 15.1. The molecule has 1 aliphatic rings. The third-order valence-electron chi connectivity index (χ3n) is 15.6. The first-order chi connectivity index (χ1) is 36.1. The topological polar surface area (TPSA) is 6.48 Å². The van der Waals surface area contributed by atoms with Crippen LogP contribution in [0.1, 0.15) is 76.3 Å². The average molecular weight is 943 g/mol. The largest absolute Gasteiger partial charge is 0.310 e. The van der Waals surface area contributed by atoms with Gasteiger partial charge in [-0.15, -0.1) is 0 Å². The third-order valence-corrected chi connectivity index (χ3v) is 15.6. The monoisotopic (exact) mass is 942 g/mol. The lowest BCUT2D eigenvalue weighted by atomic mass is 9.70. The summed E-state index contributed by atoms with van der Waals surface area (Å²) in [6.07, 6.45) is 9.43. The van der Waals surface area contributed by atoms with Crippen molar-refractivity contribution in [2.24, 2.45) is 0 Å². The minimum atomic E-state index is -0.141. The van der Waals surface area contributed by atoms with Crippen LogP contribution in [0.2, 0.25) is 0 Å². The molecule has 356 valence electrons. The summed E-state index contributed by atoms with van der Waals surface area (Å²) in [5, 5.41) is 7.50.